The Hall–Kier alpha value is -3.42. The molecule has 2 aliphatic rings. The maximum atomic E-state index is 14.6. The van der Waals surface area contributed by atoms with Gasteiger partial charge in [-0.05, 0) is 57.0 Å². The summed E-state index contributed by atoms with van der Waals surface area (Å²) in [5.41, 5.74) is -0.466. The second kappa shape index (κ2) is 9.21. The average molecular weight is 454 g/mol. The molecular formula is C25H28FN3O4. The van der Waals surface area contributed by atoms with Crippen molar-refractivity contribution in [3.8, 4) is 5.75 Å². The maximum Gasteiger partial charge on any atom is 0.268 e. The van der Waals surface area contributed by atoms with Gasteiger partial charge in [-0.25, -0.2) is 4.39 Å². The fraction of sp³-hybridized carbons (Fsp3) is 0.400. The number of benzene rings is 2. The molecule has 2 aromatic rings. The lowest BCUT2D eigenvalue weighted by molar-refractivity contribution is -0.129. The number of halogens is 1. The molecule has 1 aliphatic carbocycles. The Morgan fingerprint density at radius 2 is 1.88 bits per heavy atom. The van der Waals surface area contributed by atoms with Gasteiger partial charge >= 0.3 is 0 Å². The highest BCUT2D eigenvalue weighted by Crippen LogP contribution is 2.35. The Bertz CT molecular complexity index is 1080. The first-order valence-corrected chi connectivity index (χ1v) is 11.2. The van der Waals surface area contributed by atoms with Crippen molar-refractivity contribution in [2.75, 3.05) is 16.8 Å². The number of anilines is 2. The van der Waals surface area contributed by atoms with Crippen molar-refractivity contribution < 1.29 is 23.5 Å². The topological polar surface area (TPSA) is 87.7 Å². The number of nitrogens with one attached hydrogen (secondary N) is 2. The Morgan fingerprint density at radius 3 is 2.61 bits per heavy atom. The molecule has 33 heavy (non-hydrogen) atoms. The van der Waals surface area contributed by atoms with Crippen LogP contribution in [0, 0.1) is 5.82 Å². The largest absolute Gasteiger partial charge is 0.476 e. The molecule has 3 amide bonds. The van der Waals surface area contributed by atoms with Crippen molar-refractivity contribution in [1.82, 2.24) is 5.32 Å². The second-order valence-electron chi connectivity index (χ2n) is 9.02. The lowest BCUT2D eigenvalue weighted by atomic mass is 9.95. The molecule has 7 nitrogen and oxygen atoms in total. The van der Waals surface area contributed by atoms with E-state index in [1.54, 1.807) is 32.0 Å². The van der Waals surface area contributed by atoms with Crippen molar-refractivity contribution >= 4 is 29.1 Å². The van der Waals surface area contributed by atoms with E-state index < -0.39 is 17.3 Å². The van der Waals surface area contributed by atoms with E-state index in [0.29, 0.717) is 11.4 Å². The SMILES string of the molecule is CC1(C)Oc2ccc(C(=O)N(CC(=O)NC3CCCCC3)c3ccccc3F)cc2NC1=O. The van der Waals surface area contributed by atoms with E-state index in [2.05, 4.69) is 10.6 Å². The van der Waals surface area contributed by atoms with Crippen molar-refractivity contribution in [3.05, 3.63) is 53.8 Å². The van der Waals surface area contributed by atoms with Crippen LogP contribution >= 0.6 is 0 Å². The molecule has 0 atom stereocenters. The maximum absolute atomic E-state index is 14.6. The van der Waals surface area contributed by atoms with E-state index in [1.165, 1.54) is 24.3 Å². The number of carbonyl (C=O) groups is 3. The summed E-state index contributed by atoms with van der Waals surface area (Å²) in [7, 11) is 0. The number of hydrogen-bond acceptors (Lipinski definition) is 4. The fourth-order valence-electron chi connectivity index (χ4n) is 4.20. The van der Waals surface area contributed by atoms with Crippen LogP contribution in [0.5, 0.6) is 5.75 Å². The van der Waals surface area contributed by atoms with Gasteiger partial charge < -0.3 is 15.4 Å². The molecule has 0 aromatic heterocycles. The predicted octanol–water partition coefficient (Wildman–Crippen LogP) is 4.03. The Morgan fingerprint density at radius 1 is 1.15 bits per heavy atom. The molecular weight excluding hydrogens is 425 g/mol. The average Bonchev–Trinajstić information content (AvgIpc) is 2.78. The number of carbonyl (C=O) groups excluding carboxylic acids is 3. The quantitative estimate of drug-likeness (QED) is 0.716. The van der Waals surface area contributed by atoms with E-state index in [-0.39, 0.29) is 35.7 Å². The number of fused-ring (bicyclic) bond motifs is 1. The molecule has 1 saturated carbocycles. The fourth-order valence-corrected chi connectivity index (χ4v) is 4.20. The number of nitrogens with zero attached hydrogens (tertiary/aromatic N) is 1. The van der Waals surface area contributed by atoms with E-state index in [9.17, 15) is 18.8 Å². The Labute approximate surface area is 192 Å². The number of para-hydroxylation sites is 1. The summed E-state index contributed by atoms with van der Waals surface area (Å²) >= 11 is 0. The second-order valence-corrected chi connectivity index (χ2v) is 9.02. The molecule has 0 spiro atoms. The third-order valence-electron chi connectivity index (χ3n) is 6.05. The first-order valence-electron chi connectivity index (χ1n) is 11.2. The van der Waals surface area contributed by atoms with Gasteiger partial charge in [0.15, 0.2) is 5.60 Å². The minimum Gasteiger partial charge on any atom is -0.476 e. The molecule has 0 saturated heterocycles. The van der Waals surface area contributed by atoms with Gasteiger partial charge in [-0.15, -0.1) is 0 Å². The van der Waals surface area contributed by atoms with Gasteiger partial charge in [-0.3, -0.25) is 19.3 Å². The molecule has 1 aliphatic heterocycles. The lowest BCUT2D eigenvalue weighted by Gasteiger charge is -2.32. The highest BCUT2D eigenvalue weighted by Gasteiger charge is 2.36. The van der Waals surface area contributed by atoms with Crippen LogP contribution in [-0.2, 0) is 9.59 Å². The number of hydrogen-bond donors (Lipinski definition) is 2. The van der Waals surface area contributed by atoms with Crippen LogP contribution in [-0.4, -0.2) is 35.9 Å². The van der Waals surface area contributed by atoms with Crippen molar-refractivity contribution in [3.63, 3.8) is 0 Å². The summed E-state index contributed by atoms with van der Waals surface area (Å²) < 4.78 is 20.4. The predicted molar refractivity (Wildman–Crippen MR) is 123 cm³/mol. The van der Waals surface area contributed by atoms with Gasteiger partial charge in [-0.2, -0.15) is 0 Å². The van der Waals surface area contributed by atoms with E-state index in [4.69, 9.17) is 4.74 Å². The molecule has 174 valence electrons. The van der Waals surface area contributed by atoms with Crippen LogP contribution in [0.15, 0.2) is 42.5 Å². The molecule has 1 heterocycles. The highest BCUT2D eigenvalue weighted by molar-refractivity contribution is 6.10. The molecule has 8 heteroatoms. The summed E-state index contributed by atoms with van der Waals surface area (Å²) in [6.07, 6.45) is 5.07. The van der Waals surface area contributed by atoms with Crippen molar-refractivity contribution in [2.24, 2.45) is 0 Å². The van der Waals surface area contributed by atoms with Crippen LogP contribution < -0.4 is 20.3 Å². The first-order chi connectivity index (χ1) is 15.7. The van der Waals surface area contributed by atoms with Gasteiger partial charge in [-0.1, -0.05) is 31.4 Å². The van der Waals surface area contributed by atoms with Gasteiger partial charge in [0.25, 0.3) is 11.8 Å². The van der Waals surface area contributed by atoms with Crippen molar-refractivity contribution in [2.45, 2.75) is 57.6 Å². The summed E-state index contributed by atoms with van der Waals surface area (Å²) in [6.45, 7) is 2.98. The lowest BCUT2D eigenvalue weighted by Crippen LogP contribution is -2.46. The van der Waals surface area contributed by atoms with Crippen LogP contribution in [0.1, 0.15) is 56.3 Å². The number of ether oxygens (including phenoxy) is 1. The molecule has 2 aromatic carbocycles. The number of rotatable bonds is 5. The van der Waals surface area contributed by atoms with E-state index in [1.807, 2.05) is 0 Å². The standard InChI is InChI=1S/C25H28FN3O4/c1-25(2)24(32)28-19-14-16(12-13-21(19)33-25)23(31)29(20-11-7-6-10-18(20)26)15-22(30)27-17-8-4-3-5-9-17/h6-7,10-14,17H,3-5,8-9,15H2,1-2H3,(H,27,30)(H,28,32). The number of amides is 3. The Kier molecular flexibility index (Phi) is 6.35. The molecule has 0 radical (unpaired) electrons. The van der Waals surface area contributed by atoms with Gasteiger partial charge in [0.1, 0.15) is 18.1 Å². The van der Waals surface area contributed by atoms with Crippen LogP contribution in [0.2, 0.25) is 0 Å². The van der Waals surface area contributed by atoms with Crippen LogP contribution in [0.3, 0.4) is 0 Å². The third kappa shape index (κ3) is 4.99. The van der Waals surface area contributed by atoms with Gasteiger partial charge in [0, 0.05) is 11.6 Å². The first kappa shape index (κ1) is 22.8. The zero-order chi connectivity index (χ0) is 23.6. The smallest absolute Gasteiger partial charge is 0.268 e. The molecule has 2 N–H and O–H groups in total. The van der Waals surface area contributed by atoms with E-state index in [0.717, 1.165) is 37.0 Å². The van der Waals surface area contributed by atoms with Gasteiger partial charge in [0.2, 0.25) is 5.91 Å². The minimum atomic E-state index is -1.03. The summed E-state index contributed by atoms with van der Waals surface area (Å²) in [6, 6.07) is 10.5. The minimum absolute atomic E-state index is 0.0143. The third-order valence-corrected chi connectivity index (χ3v) is 6.05. The normalized spacial score (nSPS) is 17.4. The van der Waals surface area contributed by atoms with Crippen LogP contribution in [0.25, 0.3) is 0 Å². The zero-order valence-corrected chi connectivity index (χ0v) is 18.8. The van der Waals surface area contributed by atoms with Crippen molar-refractivity contribution in [1.29, 1.82) is 0 Å². The highest BCUT2D eigenvalue weighted by atomic mass is 19.1. The van der Waals surface area contributed by atoms with Gasteiger partial charge in [0.05, 0.1) is 11.4 Å². The summed E-state index contributed by atoms with van der Waals surface area (Å²) in [5, 5.41) is 5.72. The van der Waals surface area contributed by atoms with Crippen LogP contribution in [0.4, 0.5) is 15.8 Å². The summed E-state index contributed by atoms with van der Waals surface area (Å²) in [5.74, 6) is -1.40. The zero-order valence-electron chi connectivity index (χ0n) is 18.8. The van der Waals surface area contributed by atoms with E-state index >= 15 is 0 Å². The molecule has 0 unspecified atom stereocenters. The Balaban J connectivity index is 1.60. The monoisotopic (exact) mass is 453 g/mol. The summed E-state index contributed by atoms with van der Waals surface area (Å²) in [4.78, 5) is 39.6. The molecule has 0 bridgehead atoms. The molecule has 4 rings (SSSR count). The molecule has 1 fully saturated rings.